The summed E-state index contributed by atoms with van der Waals surface area (Å²) in [5.74, 6) is 1.04. The van der Waals surface area contributed by atoms with Crippen LogP contribution in [-0.4, -0.2) is 28.7 Å². The first-order chi connectivity index (χ1) is 50.6. The lowest BCUT2D eigenvalue weighted by Gasteiger charge is -2.26. The lowest BCUT2D eigenvalue weighted by atomic mass is 9.80. The minimum atomic E-state index is 0.303. The molecule has 474 valence electrons. The van der Waals surface area contributed by atoms with Crippen molar-refractivity contribution in [3.8, 4) is 113 Å². The van der Waals surface area contributed by atoms with Crippen LogP contribution >= 0.6 is 0 Å². The molecule has 0 aliphatic rings. The Kier molecular flexibility index (Phi) is 13.5. The van der Waals surface area contributed by atoms with E-state index in [4.69, 9.17) is 19.4 Å². The Hall–Kier alpha value is -14.0. The second kappa shape index (κ2) is 23.6. The van der Waals surface area contributed by atoms with Crippen LogP contribution in [0.1, 0.15) is 5.56 Å². The number of aromatic nitrogens is 6. The number of hydrogen-bond acceptors (Lipinski definition) is 5. The molecule has 0 radical (unpaired) electrons. The molecule has 0 unspecified atom stereocenters. The molecule has 20 rings (SSSR count). The van der Waals surface area contributed by atoms with Crippen LogP contribution in [0, 0.1) is 11.3 Å². The molecule has 0 amide bonds. The zero-order valence-electron chi connectivity index (χ0n) is 54.9. The summed E-state index contributed by atoms with van der Waals surface area (Å²) in [5, 5.41) is 21.1. The van der Waals surface area contributed by atoms with Crippen molar-refractivity contribution >= 4 is 87.4 Å². The van der Waals surface area contributed by atoms with Crippen LogP contribution in [0.25, 0.3) is 194 Å². The van der Waals surface area contributed by atoms with Crippen molar-refractivity contribution in [1.29, 1.82) is 5.26 Å². The summed E-state index contributed by atoms with van der Waals surface area (Å²) < 4.78 is 13.7. The van der Waals surface area contributed by atoms with Crippen molar-refractivity contribution < 1.29 is 4.42 Å². The first-order valence-corrected chi connectivity index (χ1v) is 34.4. The fourth-order valence-electron chi connectivity index (χ4n) is 15.8. The molecule has 0 saturated heterocycles. The number of nitriles is 1. The average molecular weight is 1300 g/mol. The minimum Gasteiger partial charge on any atom is -0.455 e. The lowest BCUT2D eigenvalue weighted by molar-refractivity contribution is 0.673. The summed E-state index contributed by atoms with van der Waals surface area (Å²) in [4.78, 5) is 17.8. The molecule has 15 aromatic carbocycles. The van der Waals surface area contributed by atoms with Gasteiger partial charge in [-0.25, -0.2) is 0 Å². The third kappa shape index (κ3) is 9.26. The van der Waals surface area contributed by atoms with Gasteiger partial charge in [0.1, 0.15) is 17.2 Å². The molecule has 0 bridgehead atoms. The normalized spacial score (nSPS) is 11.7. The molecule has 0 fully saturated rings. The van der Waals surface area contributed by atoms with E-state index < -0.39 is 0 Å². The number of hydrogen-bond donors (Lipinski definition) is 0. The maximum absolute atomic E-state index is 13.1. The lowest BCUT2D eigenvalue weighted by Crippen LogP contribution is -2.13. The van der Waals surface area contributed by atoms with E-state index in [0.717, 1.165) is 165 Å². The van der Waals surface area contributed by atoms with Crippen molar-refractivity contribution in [2.24, 2.45) is 0 Å². The Labute approximate surface area is 586 Å². The van der Waals surface area contributed by atoms with Crippen LogP contribution in [0.3, 0.4) is 0 Å². The highest BCUT2D eigenvalue weighted by Crippen LogP contribution is 2.53. The summed E-state index contributed by atoms with van der Waals surface area (Å²) in [6.07, 6.45) is 0. The Balaban J connectivity index is 0.976. The molecule has 0 aliphatic carbocycles. The third-order valence-electron chi connectivity index (χ3n) is 20.4. The Morgan fingerprint density at radius 3 is 1.02 bits per heavy atom. The van der Waals surface area contributed by atoms with E-state index in [-0.39, 0.29) is 0 Å². The van der Waals surface area contributed by atoms with E-state index in [2.05, 4.69) is 347 Å². The van der Waals surface area contributed by atoms with E-state index in [0.29, 0.717) is 34.5 Å². The maximum Gasteiger partial charge on any atom is 0.240 e. The molecule has 0 N–H and O–H groups in total. The van der Waals surface area contributed by atoms with Crippen LogP contribution in [0.15, 0.2) is 350 Å². The number of benzene rings is 15. The fraction of sp³-hybridized carbons (Fsp3) is 0. The fourth-order valence-corrected chi connectivity index (χ4v) is 15.8. The van der Waals surface area contributed by atoms with Gasteiger partial charge in [-0.15, -0.1) is 0 Å². The zero-order chi connectivity index (χ0) is 67.4. The third-order valence-corrected chi connectivity index (χ3v) is 20.4. The summed E-state index contributed by atoms with van der Waals surface area (Å²) in [6.45, 7) is 0. The Morgan fingerprint density at radius 2 is 0.598 bits per heavy atom. The van der Waals surface area contributed by atoms with Crippen molar-refractivity contribution in [3.63, 3.8) is 0 Å². The number of nitrogens with zero attached hydrogens (tertiary/aromatic N) is 7. The minimum absolute atomic E-state index is 0.303. The van der Waals surface area contributed by atoms with Crippen molar-refractivity contribution in [2.45, 2.75) is 0 Å². The predicted molar refractivity (Wildman–Crippen MR) is 418 cm³/mol. The first kappa shape index (κ1) is 58.2. The molecule has 102 heavy (non-hydrogen) atoms. The van der Waals surface area contributed by atoms with Gasteiger partial charge in [0.25, 0.3) is 0 Å². The highest BCUT2D eigenvalue weighted by atomic mass is 16.3. The second-order valence-electron chi connectivity index (χ2n) is 26.0. The smallest absolute Gasteiger partial charge is 0.240 e. The monoisotopic (exact) mass is 1300 g/mol. The van der Waals surface area contributed by atoms with E-state index in [1.165, 1.54) is 0 Å². The average Bonchev–Trinajstić information content (AvgIpc) is 1.33. The van der Waals surface area contributed by atoms with Crippen LogP contribution in [0.2, 0.25) is 0 Å². The Morgan fingerprint density at radius 1 is 0.255 bits per heavy atom. The van der Waals surface area contributed by atoms with Crippen molar-refractivity contribution in [2.75, 3.05) is 0 Å². The number of para-hydroxylation sites is 2. The maximum atomic E-state index is 13.1. The van der Waals surface area contributed by atoms with Crippen molar-refractivity contribution in [3.05, 3.63) is 351 Å². The second-order valence-corrected chi connectivity index (χ2v) is 26.0. The molecule has 20 aromatic rings. The van der Waals surface area contributed by atoms with Crippen molar-refractivity contribution in [1.82, 2.24) is 28.7 Å². The summed E-state index contributed by atoms with van der Waals surface area (Å²) >= 11 is 0. The number of fused-ring (bicyclic) bond motifs is 13. The summed E-state index contributed by atoms with van der Waals surface area (Å²) in [6, 6.07) is 125. The van der Waals surface area contributed by atoms with Gasteiger partial charge in [0.15, 0.2) is 5.82 Å². The van der Waals surface area contributed by atoms with E-state index in [9.17, 15) is 5.26 Å². The summed E-state index contributed by atoms with van der Waals surface area (Å²) in [7, 11) is 0. The largest absolute Gasteiger partial charge is 0.455 e. The van der Waals surface area contributed by atoms with Gasteiger partial charge in [-0.2, -0.15) is 20.2 Å². The molecule has 8 heteroatoms. The van der Waals surface area contributed by atoms with Gasteiger partial charge in [-0.05, 0) is 134 Å². The number of furan rings is 1. The van der Waals surface area contributed by atoms with Crippen LogP contribution in [0.5, 0.6) is 0 Å². The molecule has 0 spiro atoms. The Bertz CT molecular complexity index is 6360. The molecule has 8 nitrogen and oxygen atoms in total. The first-order valence-electron chi connectivity index (χ1n) is 34.4. The van der Waals surface area contributed by atoms with Gasteiger partial charge >= 0.3 is 0 Å². The quantitative estimate of drug-likeness (QED) is 0.129. The predicted octanol–water partition coefficient (Wildman–Crippen LogP) is 24.3. The van der Waals surface area contributed by atoms with Gasteiger partial charge in [0.2, 0.25) is 11.9 Å². The molecule has 0 aliphatic heterocycles. The van der Waals surface area contributed by atoms with Gasteiger partial charge in [0, 0.05) is 60.0 Å². The van der Waals surface area contributed by atoms with E-state index in [1.807, 2.05) is 18.2 Å². The van der Waals surface area contributed by atoms with Gasteiger partial charge in [-0.3, -0.25) is 9.13 Å². The number of rotatable bonds is 11. The van der Waals surface area contributed by atoms with Crippen LogP contribution in [0.4, 0.5) is 0 Å². The standard InChI is InChI=1S/C94H57N7O/c95-58-77-89(86(64-36-18-6-19-37-64)85(63-34-16-5-17-35-63)87(65-38-20-7-21-39-65)90(77)99-78-42-24-22-41-72(78)88-83(99)53-48-71-70-40-23-25-43-84(70)102-91(71)88)92-96-93(100-79-49-44-66(59-26-8-1-9-27-59)54-73(79)74-55-67(45-50-80(74)100)60-28-10-2-11-29-60)98-94(97-92)101-81-51-46-68(61-30-12-3-13-31-61)56-75(81)76-57-69(47-52-82(76)101)62-32-14-4-15-33-62/h1-57H. The van der Waals surface area contributed by atoms with Crippen LogP contribution < -0.4 is 0 Å². The van der Waals surface area contributed by atoms with E-state index >= 15 is 0 Å². The topological polar surface area (TPSA) is 90.4 Å². The molecule has 0 saturated carbocycles. The highest BCUT2D eigenvalue weighted by molar-refractivity contribution is 6.25. The zero-order valence-corrected chi connectivity index (χ0v) is 54.9. The highest BCUT2D eigenvalue weighted by Gasteiger charge is 2.34. The van der Waals surface area contributed by atoms with Gasteiger partial charge in [-0.1, -0.05) is 273 Å². The molecular weight excluding hydrogens is 1240 g/mol. The molecule has 0 atom stereocenters. The molecule has 5 aromatic heterocycles. The molecular formula is C94H57N7O. The van der Waals surface area contributed by atoms with E-state index in [1.54, 1.807) is 0 Å². The van der Waals surface area contributed by atoms with Crippen LogP contribution in [-0.2, 0) is 0 Å². The van der Waals surface area contributed by atoms with Gasteiger partial charge < -0.3 is 8.98 Å². The SMILES string of the molecule is N#Cc1c(-c2nc(-n3c4ccc(-c5ccccc5)cc4c4cc(-c5ccccc5)ccc43)nc(-n3c4ccc(-c5ccccc5)cc4c4cc(-c5ccccc5)ccc43)n2)c(-c2ccccc2)c(-c2ccccc2)c(-c2ccccc2)c1-n1c2ccccc2c2c3oc4ccccc4c3ccc21. The summed E-state index contributed by atoms with van der Waals surface area (Å²) in [5.41, 5.74) is 22.5. The molecule has 5 heterocycles. The van der Waals surface area contributed by atoms with Gasteiger partial charge in [0.05, 0.1) is 49.7 Å².